The number of carbonyl (C=O) groups excluding carboxylic acids is 5. The van der Waals surface area contributed by atoms with Gasteiger partial charge in [0.15, 0.2) is 0 Å². The molecule has 0 spiro atoms. The highest BCUT2D eigenvalue weighted by molar-refractivity contribution is 5.98. The maximum absolute atomic E-state index is 13.2. The van der Waals surface area contributed by atoms with E-state index in [0.29, 0.717) is 25.8 Å². The van der Waals surface area contributed by atoms with Crippen LogP contribution in [0.2, 0.25) is 0 Å². The number of urea groups is 1. The lowest BCUT2D eigenvalue weighted by atomic mass is 10.1. The molecule has 1 aromatic carbocycles. The molecule has 35 heavy (non-hydrogen) atoms. The number of likely N-dealkylation sites (tertiary alicyclic amines) is 2. The summed E-state index contributed by atoms with van der Waals surface area (Å²) in [5.41, 5.74) is 6.31. The normalized spacial score (nSPS) is 20.4. The third kappa shape index (κ3) is 7.17. The maximum Gasteiger partial charge on any atom is 0.407 e. The third-order valence-corrected chi connectivity index (χ3v) is 6.18. The Balaban J connectivity index is 1.54. The average molecular weight is 488 g/mol. The molecule has 2 fully saturated rings. The zero-order chi connectivity index (χ0) is 25.4. The van der Waals surface area contributed by atoms with Crippen molar-refractivity contribution in [3.8, 4) is 0 Å². The van der Waals surface area contributed by atoms with Crippen LogP contribution in [0.4, 0.5) is 9.59 Å². The summed E-state index contributed by atoms with van der Waals surface area (Å²) in [5, 5.41) is 5.29. The second-order valence-electron chi connectivity index (χ2n) is 9.04. The summed E-state index contributed by atoms with van der Waals surface area (Å²) < 4.78 is 5.17. The molecule has 190 valence electrons. The smallest absolute Gasteiger partial charge is 0.407 e. The Kier molecular flexibility index (Phi) is 9.04. The second-order valence-corrected chi connectivity index (χ2v) is 9.04. The molecule has 2 aliphatic heterocycles. The summed E-state index contributed by atoms with van der Waals surface area (Å²) in [4.78, 5) is 64.3. The molecule has 0 saturated carbocycles. The fourth-order valence-corrected chi connectivity index (χ4v) is 4.36. The molecule has 6 amide bonds. The first kappa shape index (κ1) is 26.0. The van der Waals surface area contributed by atoms with Gasteiger partial charge in [-0.15, -0.1) is 0 Å². The molecular formula is C24H33N5O6. The SMILES string of the molecule is CC1CC(=O)N(C(=O)N[C@@H](CCCNC(=O)OCc2ccccc2)C(=O)N2CCC[C@H]2C(N)=O)C1. The molecule has 2 heterocycles. The molecule has 0 aliphatic carbocycles. The van der Waals surface area contributed by atoms with E-state index in [0.717, 1.165) is 10.5 Å². The number of amides is 6. The summed E-state index contributed by atoms with van der Waals surface area (Å²) >= 11 is 0. The predicted molar refractivity (Wildman–Crippen MR) is 126 cm³/mol. The number of primary amides is 1. The van der Waals surface area contributed by atoms with Crippen molar-refractivity contribution in [2.45, 2.75) is 57.7 Å². The molecule has 2 aliphatic rings. The predicted octanol–water partition coefficient (Wildman–Crippen LogP) is 1.12. The number of alkyl carbamates (subject to hydrolysis) is 1. The van der Waals surface area contributed by atoms with Gasteiger partial charge in [-0.2, -0.15) is 0 Å². The lowest BCUT2D eigenvalue weighted by Gasteiger charge is -2.29. The minimum Gasteiger partial charge on any atom is -0.445 e. The molecule has 1 aromatic rings. The van der Waals surface area contributed by atoms with E-state index in [9.17, 15) is 24.0 Å². The number of nitrogens with zero attached hydrogens (tertiary/aromatic N) is 2. The Hall–Kier alpha value is -3.63. The van der Waals surface area contributed by atoms with E-state index in [-0.39, 0.29) is 44.4 Å². The van der Waals surface area contributed by atoms with E-state index in [1.165, 1.54) is 4.90 Å². The number of carbonyl (C=O) groups is 5. The van der Waals surface area contributed by atoms with Gasteiger partial charge in [0.2, 0.25) is 17.7 Å². The first-order chi connectivity index (χ1) is 16.8. The highest BCUT2D eigenvalue weighted by Crippen LogP contribution is 2.20. The zero-order valence-electron chi connectivity index (χ0n) is 19.9. The van der Waals surface area contributed by atoms with Crippen LogP contribution in [0.1, 0.15) is 44.6 Å². The molecule has 3 rings (SSSR count). The van der Waals surface area contributed by atoms with Crippen molar-refractivity contribution in [2.75, 3.05) is 19.6 Å². The number of nitrogens with two attached hydrogens (primary N) is 1. The van der Waals surface area contributed by atoms with E-state index in [4.69, 9.17) is 10.5 Å². The van der Waals surface area contributed by atoms with Gasteiger partial charge in [-0.25, -0.2) is 9.59 Å². The lowest BCUT2D eigenvalue weighted by Crippen LogP contribution is -2.55. The van der Waals surface area contributed by atoms with Gasteiger partial charge in [0.05, 0.1) is 0 Å². The van der Waals surface area contributed by atoms with Gasteiger partial charge >= 0.3 is 12.1 Å². The van der Waals surface area contributed by atoms with Crippen molar-refractivity contribution >= 4 is 29.8 Å². The molecule has 1 unspecified atom stereocenters. The minimum atomic E-state index is -0.965. The Bertz CT molecular complexity index is 940. The van der Waals surface area contributed by atoms with Crippen LogP contribution < -0.4 is 16.4 Å². The first-order valence-corrected chi connectivity index (χ1v) is 11.9. The Morgan fingerprint density at radius 1 is 1.20 bits per heavy atom. The first-order valence-electron chi connectivity index (χ1n) is 11.9. The molecular weight excluding hydrogens is 454 g/mol. The van der Waals surface area contributed by atoms with Crippen molar-refractivity contribution in [1.82, 2.24) is 20.4 Å². The molecule has 2 saturated heterocycles. The minimum absolute atomic E-state index is 0.0475. The van der Waals surface area contributed by atoms with Crippen LogP contribution in [-0.4, -0.2) is 71.4 Å². The van der Waals surface area contributed by atoms with Gasteiger partial charge in [0, 0.05) is 26.1 Å². The quantitative estimate of drug-likeness (QED) is 0.444. The summed E-state index contributed by atoms with van der Waals surface area (Å²) in [6.07, 6.45) is 1.34. The monoisotopic (exact) mass is 487 g/mol. The Morgan fingerprint density at radius 3 is 2.60 bits per heavy atom. The van der Waals surface area contributed by atoms with Crippen molar-refractivity contribution < 1.29 is 28.7 Å². The van der Waals surface area contributed by atoms with Crippen molar-refractivity contribution in [1.29, 1.82) is 0 Å². The van der Waals surface area contributed by atoms with Gasteiger partial charge in [-0.1, -0.05) is 37.3 Å². The molecule has 0 bridgehead atoms. The molecule has 3 atom stereocenters. The maximum atomic E-state index is 13.2. The average Bonchev–Trinajstić information content (AvgIpc) is 3.46. The summed E-state index contributed by atoms with van der Waals surface area (Å²) in [6.45, 7) is 2.87. The number of rotatable bonds is 9. The number of hydrogen-bond donors (Lipinski definition) is 3. The van der Waals surface area contributed by atoms with Crippen molar-refractivity contribution in [3.05, 3.63) is 35.9 Å². The topological polar surface area (TPSA) is 151 Å². The van der Waals surface area contributed by atoms with Crippen LogP contribution in [0.15, 0.2) is 30.3 Å². The fourth-order valence-electron chi connectivity index (χ4n) is 4.36. The van der Waals surface area contributed by atoms with E-state index in [1.807, 2.05) is 37.3 Å². The van der Waals surface area contributed by atoms with E-state index in [1.54, 1.807) is 0 Å². The summed E-state index contributed by atoms with van der Waals surface area (Å²) in [7, 11) is 0. The number of nitrogens with one attached hydrogen (secondary N) is 2. The van der Waals surface area contributed by atoms with E-state index < -0.39 is 36.0 Å². The summed E-state index contributed by atoms with van der Waals surface area (Å²) in [6, 6.07) is 6.93. The van der Waals surface area contributed by atoms with Crippen LogP contribution in [-0.2, 0) is 25.7 Å². The molecule has 0 radical (unpaired) electrons. The van der Waals surface area contributed by atoms with E-state index >= 15 is 0 Å². The van der Waals surface area contributed by atoms with Crippen LogP contribution in [0.3, 0.4) is 0 Å². The number of ether oxygens (including phenoxy) is 1. The molecule has 11 nitrogen and oxygen atoms in total. The van der Waals surface area contributed by atoms with Gasteiger partial charge in [0.1, 0.15) is 18.7 Å². The Labute approximate surface area is 204 Å². The molecule has 4 N–H and O–H groups in total. The second kappa shape index (κ2) is 12.2. The standard InChI is InChI=1S/C24H33N5O6/c1-16-13-20(30)29(14-16)23(33)27-18(22(32)28-12-6-10-19(28)21(25)31)9-5-11-26-24(34)35-15-17-7-3-2-4-8-17/h2-4,7-8,16,18-19H,5-6,9-15H2,1H3,(H2,25,31)(H,26,34)(H,27,33)/t16?,18-,19-/m0/s1. The van der Waals surface area contributed by atoms with Crippen molar-refractivity contribution in [3.63, 3.8) is 0 Å². The lowest BCUT2D eigenvalue weighted by molar-refractivity contribution is -0.139. The van der Waals surface area contributed by atoms with E-state index in [2.05, 4.69) is 10.6 Å². The van der Waals surface area contributed by atoms with Gasteiger partial charge in [-0.3, -0.25) is 19.3 Å². The van der Waals surface area contributed by atoms with Gasteiger partial charge in [-0.05, 0) is 37.2 Å². The highest BCUT2D eigenvalue weighted by atomic mass is 16.5. The highest BCUT2D eigenvalue weighted by Gasteiger charge is 2.38. The van der Waals surface area contributed by atoms with Gasteiger partial charge < -0.3 is 26.0 Å². The third-order valence-electron chi connectivity index (χ3n) is 6.18. The number of benzene rings is 1. The van der Waals surface area contributed by atoms with Crippen LogP contribution in [0, 0.1) is 5.92 Å². The number of hydrogen-bond acceptors (Lipinski definition) is 6. The van der Waals surface area contributed by atoms with Gasteiger partial charge in [0.25, 0.3) is 0 Å². The zero-order valence-corrected chi connectivity index (χ0v) is 19.9. The molecule has 0 aromatic heterocycles. The Morgan fingerprint density at radius 2 is 1.94 bits per heavy atom. The number of imide groups is 1. The van der Waals surface area contributed by atoms with Crippen LogP contribution in [0.25, 0.3) is 0 Å². The molecule has 11 heteroatoms. The van der Waals surface area contributed by atoms with Crippen LogP contribution >= 0.6 is 0 Å². The summed E-state index contributed by atoms with van der Waals surface area (Å²) in [5.74, 6) is -1.26. The fraction of sp³-hybridized carbons (Fsp3) is 0.542. The van der Waals surface area contributed by atoms with Crippen molar-refractivity contribution in [2.24, 2.45) is 11.7 Å². The van der Waals surface area contributed by atoms with Crippen LogP contribution in [0.5, 0.6) is 0 Å². The largest absolute Gasteiger partial charge is 0.445 e.